The maximum Gasteiger partial charge on any atom is 0.255 e. The van der Waals surface area contributed by atoms with E-state index in [1.165, 1.54) is 32.1 Å². The number of carbonyl (C=O) groups is 3. The molecule has 1 aliphatic carbocycles. The number of nitrogens with zero attached hydrogens (tertiary/aromatic N) is 1. The summed E-state index contributed by atoms with van der Waals surface area (Å²) in [6.07, 6.45) is 7.06. The molecule has 2 saturated heterocycles. The van der Waals surface area contributed by atoms with Crippen LogP contribution in [0.2, 0.25) is 0 Å². The van der Waals surface area contributed by atoms with Gasteiger partial charge in [-0.2, -0.15) is 0 Å². The van der Waals surface area contributed by atoms with Crippen molar-refractivity contribution in [2.24, 2.45) is 5.41 Å². The van der Waals surface area contributed by atoms with Crippen molar-refractivity contribution in [1.29, 1.82) is 0 Å². The molecule has 5 rings (SSSR count). The van der Waals surface area contributed by atoms with E-state index in [9.17, 15) is 14.4 Å². The van der Waals surface area contributed by atoms with Crippen LogP contribution in [0, 0.1) is 5.41 Å². The lowest BCUT2D eigenvalue weighted by molar-refractivity contribution is -0.136. The molecule has 0 bridgehead atoms. The van der Waals surface area contributed by atoms with E-state index in [0.717, 1.165) is 29.8 Å². The average Bonchev–Trinajstić information content (AvgIpc) is 3.30. The zero-order valence-electron chi connectivity index (χ0n) is 17.3. The maximum absolute atomic E-state index is 13.2. The van der Waals surface area contributed by atoms with Crippen LogP contribution in [0.4, 0.5) is 0 Å². The molecular formula is C23H30N4O3. The summed E-state index contributed by atoms with van der Waals surface area (Å²) in [6, 6.07) is 6.04. The zero-order chi connectivity index (χ0) is 20.7. The van der Waals surface area contributed by atoms with E-state index >= 15 is 0 Å². The number of hydrogen-bond acceptors (Lipinski definition) is 5. The molecule has 0 radical (unpaired) electrons. The Morgan fingerprint density at radius 3 is 2.90 bits per heavy atom. The monoisotopic (exact) mass is 410 g/mol. The molecule has 3 atom stereocenters. The second-order valence-corrected chi connectivity index (χ2v) is 9.32. The largest absolute Gasteiger partial charge is 0.322 e. The highest BCUT2D eigenvalue weighted by atomic mass is 16.2. The number of hydrogen-bond donors (Lipinski definition) is 3. The van der Waals surface area contributed by atoms with Crippen LogP contribution >= 0.6 is 0 Å². The van der Waals surface area contributed by atoms with Crippen molar-refractivity contribution in [3.63, 3.8) is 0 Å². The van der Waals surface area contributed by atoms with Gasteiger partial charge < -0.3 is 15.5 Å². The van der Waals surface area contributed by atoms with Crippen molar-refractivity contribution in [1.82, 2.24) is 20.9 Å². The maximum atomic E-state index is 13.2. The molecule has 1 aromatic carbocycles. The molecule has 3 heterocycles. The van der Waals surface area contributed by atoms with Gasteiger partial charge in [0.25, 0.3) is 5.91 Å². The minimum atomic E-state index is -0.560. The van der Waals surface area contributed by atoms with Crippen molar-refractivity contribution < 1.29 is 14.4 Å². The molecule has 7 nitrogen and oxygen atoms in total. The Kier molecular flexibility index (Phi) is 5.11. The Bertz CT molecular complexity index is 885. The van der Waals surface area contributed by atoms with Crippen LogP contribution in [0.1, 0.15) is 66.4 Å². The average molecular weight is 411 g/mol. The first kappa shape index (κ1) is 19.7. The first-order valence-electron chi connectivity index (χ1n) is 11.3. The van der Waals surface area contributed by atoms with Crippen molar-refractivity contribution in [3.8, 4) is 0 Å². The van der Waals surface area contributed by atoms with Crippen LogP contribution in [0.25, 0.3) is 0 Å². The summed E-state index contributed by atoms with van der Waals surface area (Å²) < 4.78 is 0. The van der Waals surface area contributed by atoms with Gasteiger partial charge in [-0.1, -0.05) is 31.0 Å². The Balaban J connectivity index is 1.28. The fraction of sp³-hybridized carbons (Fsp3) is 0.609. The van der Waals surface area contributed by atoms with Gasteiger partial charge >= 0.3 is 0 Å². The van der Waals surface area contributed by atoms with E-state index < -0.39 is 6.04 Å². The molecule has 1 saturated carbocycles. The number of rotatable bonds is 5. The fourth-order valence-electron chi connectivity index (χ4n) is 6.00. The molecule has 3 unspecified atom stereocenters. The van der Waals surface area contributed by atoms with Gasteiger partial charge in [-0.3, -0.25) is 19.7 Å². The molecular weight excluding hydrogens is 380 g/mol. The van der Waals surface area contributed by atoms with Crippen LogP contribution in [0.15, 0.2) is 18.2 Å². The predicted octanol–water partition coefficient (Wildman–Crippen LogP) is 1.46. The molecule has 7 heteroatoms. The third-order valence-corrected chi connectivity index (χ3v) is 7.60. The highest BCUT2D eigenvalue weighted by molar-refractivity contribution is 6.05. The van der Waals surface area contributed by atoms with Crippen LogP contribution in [-0.2, 0) is 22.7 Å². The SMILES string of the molecule is O=C1CCC(N2Cc3cccc(CNCC45CCCCC4NCC5)c3C2=O)C(=O)N1. The molecule has 4 aliphatic rings. The van der Waals surface area contributed by atoms with E-state index in [0.29, 0.717) is 31.0 Å². The fourth-order valence-corrected chi connectivity index (χ4v) is 6.00. The Labute approximate surface area is 177 Å². The number of fused-ring (bicyclic) bond motifs is 2. The summed E-state index contributed by atoms with van der Waals surface area (Å²) in [5.41, 5.74) is 3.05. The van der Waals surface area contributed by atoms with Gasteiger partial charge in [0.05, 0.1) is 0 Å². The minimum absolute atomic E-state index is 0.0897. The highest BCUT2D eigenvalue weighted by Gasteiger charge is 2.44. The summed E-state index contributed by atoms with van der Waals surface area (Å²) in [4.78, 5) is 38.6. The third kappa shape index (κ3) is 3.34. The lowest BCUT2D eigenvalue weighted by Crippen LogP contribution is -2.52. The molecule has 0 aromatic heterocycles. The van der Waals surface area contributed by atoms with Crippen molar-refractivity contribution in [2.75, 3.05) is 13.1 Å². The zero-order valence-corrected chi connectivity index (χ0v) is 17.3. The first-order valence-corrected chi connectivity index (χ1v) is 11.3. The normalized spacial score (nSPS) is 30.9. The van der Waals surface area contributed by atoms with E-state index in [4.69, 9.17) is 0 Å². The predicted molar refractivity (Wildman–Crippen MR) is 112 cm³/mol. The number of nitrogens with one attached hydrogen (secondary N) is 3. The molecule has 0 spiro atoms. The molecule has 3 N–H and O–H groups in total. The van der Waals surface area contributed by atoms with E-state index in [1.54, 1.807) is 4.90 Å². The highest BCUT2D eigenvalue weighted by Crippen LogP contribution is 2.42. The quantitative estimate of drug-likeness (QED) is 0.640. The van der Waals surface area contributed by atoms with Crippen LogP contribution < -0.4 is 16.0 Å². The second-order valence-electron chi connectivity index (χ2n) is 9.32. The van der Waals surface area contributed by atoms with Crippen LogP contribution in [0.3, 0.4) is 0 Å². The number of benzene rings is 1. The number of imide groups is 1. The number of amides is 3. The summed E-state index contributed by atoms with van der Waals surface area (Å²) in [6.45, 7) is 3.17. The lowest BCUT2D eigenvalue weighted by Gasteiger charge is -2.39. The van der Waals surface area contributed by atoms with Gasteiger partial charge in [0.2, 0.25) is 11.8 Å². The van der Waals surface area contributed by atoms with E-state index in [-0.39, 0.29) is 24.1 Å². The summed E-state index contributed by atoms with van der Waals surface area (Å²) in [5, 5.41) is 9.71. The topological polar surface area (TPSA) is 90.5 Å². The summed E-state index contributed by atoms with van der Waals surface area (Å²) in [7, 11) is 0. The van der Waals surface area contributed by atoms with Crippen molar-refractivity contribution >= 4 is 17.7 Å². The van der Waals surface area contributed by atoms with Gasteiger partial charge in [0.1, 0.15) is 6.04 Å². The van der Waals surface area contributed by atoms with Crippen molar-refractivity contribution in [3.05, 3.63) is 34.9 Å². The minimum Gasteiger partial charge on any atom is -0.322 e. The van der Waals surface area contributed by atoms with Gasteiger partial charge in [-0.25, -0.2) is 0 Å². The Morgan fingerprint density at radius 2 is 2.03 bits per heavy atom. The molecule has 3 aliphatic heterocycles. The molecule has 3 amide bonds. The third-order valence-electron chi connectivity index (χ3n) is 7.60. The van der Waals surface area contributed by atoms with E-state index in [2.05, 4.69) is 16.0 Å². The standard InChI is InChI=1S/C23H30N4O3/c28-19-8-7-17(21(29)26-19)27-13-16-5-3-4-15(20(16)22(27)30)12-24-14-23-9-2-1-6-18(23)25-11-10-23/h3-5,17-18,24-25H,1-2,6-14H2,(H,26,28,29). The smallest absolute Gasteiger partial charge is 0.255 e. The van der Waals surface area contributed by atoms with Gasteiger partial charge in [-0.15, -0.1) is 0 Å². The van der Waals surface area contributed by atoms with Crippen molar-refractivity contribution in [2.45, 2.75) is 70.1 Å². The van der Waals surface area contributed by atoms with Crippen LogP contribution in [0.5, 0.6) is 0 Å². The van der Waals surface area contributed by atoms with Gasteiger partial charge in [0.15, 0.2) is 0 Å². The lowest BCUT2D eigenvalue weighted by atomic mass is 9.70. The summed E-state index contributed by atoms with van der Waals surface area (Å²) in [5.74, 6) is -0.705. The van der Waals surface area contributed by atoms with Gasteiger partial charge in [0, 0.05) is 37.7 Å². The molecule has 160 valence electrons. The van der Waals surface area contributed by atoms with E-state index in [1.807, 2.05) is 18.2 Å². The Morgan fingerprint density at radius 1 is 1.13 bits per heavy atom. The molecule has 1 aromatic rings. The second kappa shape index (κ2) is 7.78. The van der Waals surface area contributed by atoms with Crippen LogP contribution in [-0.4, -0.2) is 47.8 Å². The first-order chi connectivity index (χ1) is 14.6. The molecule has 30 heavy (non-hydrogen) atoms. The number of carbonyl (C=O) groups excluding carboxylic acids is 3. The Hall–Kier alpha value is -2.25. The molecule has 3 fully saturated rings. The summed E-state index contributed by atoms with van der Waals surface area (Å²) >= 11 is 0. The van der Waals surface area contributed by atoms with Gasteiger partial charge in [-0.05, 0) is 48.8 Å². The number of piperidine rings is 1.